The van der Waals surface area contributed by atoms with Crippen LogP contribution in [0.15, 0.2) is 25.9 Å². The minimum Gasteiger partial charge on any atom is -0.303 e. The Balaban J connectivity index is 1.72. The Bertz CT molecular complexity index is 541. The van der Waals surface area contributed by atoms with Gasteiger partial charge in [0.05, 0.1) is 6.54 Å². The monoisotopic (exact) mass is 409 g/mol. The quantitative estimate of drug-likeness (QED) is 0.793. The number of anilines is 1. The maximum Gasteiger partial charge on any atom is 0.240 e. The van der Waals surface area contributed by atoms with Gasteiger partial charge in [-0.2, -0.15) is 0 Å². The van der Waals surface area contributed by atoms with E-state index in [4.69, 9.17) is 0 Å². The topological polar surface area (TPSA) is 54.0 Å². The van der Waals surface area contributed by atoms with Gasteiger partial charge in [-0.1, -0.05) is 0 Å². The maximum absolute atomic E-state index is 11.6. The largest absolute Gasteiger partial charge is 0.303 e. The van der Waals surface area contributed by atoms with Crippen molar-refractivity contribution in [2.24, 2.45) is 0 Å². The Morgan fingerprint density at radius 1 is 1.33 bits per heavy atom. The van der Waals surface area contributed by atoms with Crippen LogP contribution < -0.4 is 10.6 Å². The van der Waals surface area contributed by atoms with Crippen LogP contribution >= 0.6 is 54.5 Å². The molecule has 4 nitrogen and oxygen atoms in total. The highest BCUT2D eigenvalue weighted by Crippen LogP contribution is 2.20. The van der Waals surface area contributed by atoms with Crippen molar-refractivity contribution in [3.05, 3.63) is 30.8 Å². The minimum atomic E-state index is -0.0903. The van der Waals surface area contributed by atoms with Crippen molar-refractivity contribution in [3.8, 4) is 0 Å². The van der Waals surface area contributed by atoms with Crippen LogP contribution in [0.4, 0.5) is 5.13 Å². The normalized spacial score (nSPS) is 10.6. The average Bonchev–Trinajstić information content (AvgIpc) is 2.88. The summed E-state index contributed by atoms with van der Waals surface area (Å²) in [5.41, 5.74) is 0. The van der Waals surface area contributed by atoms with Gasteiger partial charge < -0.3 is 10.6 Å². The molecule has 0 aliphatic rings. The zero-order chi connectivity index (χ0) is 13.0. The number of rotatable bonds is 5. The molecule has 0 aromatic carbocycles. The van der Waals surface area contributed by atoms with Gasteiger partial charge >= 0.3 is 0 Å². The molecule has 0 saturated carbocycles. The predicted octanol–water partition coefficient (Wildman–Crippen LogP) is 3.46. The van der Waals surface area contributed by atoms with Crippen molar-refractivity contribution >= 4 is 65.6 Å². The fourth-order valence-corrected chi connectivity index (χ4v) is 3.80. The summed E-state index contributed by atoms with van der Waals surface area (Å²) in [5, 5.41) is 10.3. The molecule has 1 amide bonds. The molecule has 96 valence electrons. The molecule has 2 rings (SSSR count). The molecule has 8 heteroatoms. The number of amides is 1. The summed E-state index contributed by atoms with van der Waals surface area (Å²) in [6, 6.07) is 2.04. The van der Waals surface area contributed by atoms with E-state index < -0.39 is 0 Å². The molecule has 0 aliphatic carbocycles. The van der Waals surface area contributed by atoms with E-state index in [1.54, 1.807) is 11.3 Å². The molecule has 0 aliphatic heterocycles. The van der Waals surface area contributed by atoms with Gasteiger partial charge in [-0.25, -0.2) is 4.98 Å². The van der Waals surface area contributed by atoms with Crippen molar-refractivity contribution in [1.82, 2.24) is 10.3 Å². The minimum absolute atomic E-state index is 0.0903. The lowest BCUT2D eigenvalue weighted by Crippen LogP contribution is -2.27. The van der Waals surface area contributed by atoms with Gasteiger partial charge in [0.15, 0.2) is 5.13 Å². The predicted molar refractivity (Wildman–Crippen MR) is 82.2 cm³/mol. The molecule has 0 radical (unpaired) electrons. The fourth-order valence-electron chi connectivity index (χ4n) is 1.22. The number of thiophene rings is 1. The molecule has 0 spiro atoms. The summed E-state index contributed by atoms with van der Waals surface area (Å²) in [4.78, 5) is 16.9. The van der Waals surface area contributed by atoms with Crippen LogP contribution in [0.25, 0.3) is 0 Å². The molecule has 18 heavy (non-hydrogen) atoms. The molecule has 0 atom stereocenters. The lowest BCUT2D eigenvalue weighted by molar-refractivity contribution is -0.115. The van der Waals surface area contributed by atoms with Crippen LogP contribution in [0.2, 0.25) is 0 Å². The molecule has 2 heterocycles. The average molecular weight is 411 g/mol. The van der Waals surface area contributed by atoms with Crippen LogP contribution in [0.3, 0.4) is 0 Å². The number of thiazole rings is 1. The Labute approximate surface area is 129 Å². The van der Waals surface area contributed by atoms with Gasteiger partial charge in [-0.3, -0.25) is 4.79 Å². The number of hydrogen-bond donors (Lipinski definition) is 2. The molecule has 2 aromatic rings. The Morgan fingerprint density at radius 2 is 2.17 bits per heavy atom. The van der Waals surface area contributed by atoms with Crippen LogP contribution in [-0.2, 0) is 11.3 Å². The number of carbonyl (C=O) groups is 1. The summed E-state index contributed by atoms with van der Waals surface area (Å²) in [7, 11) is 0. The van der Waals surface area contributed by atoms with Gasteiger partial charge in [-0.05, 0) is 37.9 Å². The molecule has 2 N–H and O–H groups in total. The first-order valence-corrected chi connectivity index (χ1v) is 8.32. The van der Waals surface area contributed by atoms with E-state index in [9.17, 15) is 4.79 Å². The number of carbonyl (C=O) groups excluding carboxylic acids is 1. The third-order valence-corrected chi connectivity index (χ3v) is 5.09. The summed E-state index contributed by atoms with van der Waals surface area (Å²) in [5.74, 6) is -0.0903. The van der Waals surface area contributed by atoms with Crippen LogP contribution in [0.5, 0.6) is 0 Å². The van der Waals surface area contributed by atoms with E-state index in [2.05, 4.69) is 47.5 Å². The second kappa shape index (κ2) is 6.76. The fraction of sp³-hybridized carbons (Fsp3) is 0.200. The SMILES string of the molecule is O=C(CNCc1cc(Br)cs1)Nc1nc(Br)cs1. The maximum atomic E-state index is 11.6. The standard InChI is InChI=1S/C10H9Br2N3OS2/c11-6-1-7(17-4-6)2-13-3-9(16)15-10-14-8(12)5-18-10/h1,4-5,13H,2-3H2,(H,14,15,16). The number of nitrogens with one attached hydrogen (secondary N) is 2. The summed E-state index contributed by atoms with van der Waals surface area (Å²) >= 11 is 9.67. The van der Waals surface area contributed by atoms with Crippen molar-refractivity contribution in [2.75, 3.05) is 11.9 Å². The molecule has 0 fully saturated rings. The summed E-state index contributed by atoms with van der Waals surface area (Å²) in [6.07, 6.45) is 0. The van der Waals surface area contributed by atoms with Crippen molar-refractivity contribution in [1.29, 1.82) is 0 Å². The summed E-state index contributed by atoms with van der Waals surface area (Å²) in [6.45, 7) is 0.956. The highest BCUT2D eigenvalue weighted by Gasteiger charge is 2.05. The number of hydrogen-bond acceptors (Lipinski definition) is 5. The lowest BCUT2D eigenvalue weighted by Gasteiger charge is -2.02. The lowest BCUT2D eigenvalue weighted by atomic mass is 10.4. The number of aromatic nitrogens is 1. The first-order valence-electron chi connectivity index (χ1n) is 4.98. The molecule has 2 aromatic heterocycles. The third-order valence-electron chi connectivity index (χ3n) is 1.93. The Kier molecular flexibility index (Phi) is 5.31. The smallest absolute Gasteiger partial charge is 0.240 e. The summed E-state index contributed by atoms with van der Waals surface area (Å²) < 4.78 is 1.81. The second-order valence-electron chi connectivity index (χ2n) is 3.36. The van der Waals surface area contributed by atoms with Crippen LogP contribution in [-0.4, -0.2) is 17.4 Å². The van der Waals surface area contributed by atoms with E-state index in [1.165, 1.54) is 16.2 Å². The number of nitrogens with zero attached hydrogens (tertiary/aromatic N) is 1. The van der Waals surface area contributed by atoms with E-state index in [-0.39, 0.29) is 12.5 Å². The van der Waals surface area contributed by atoms with Crippen molar-refractivity contribution in [3.63, 3.8) is 0 Å². The second-order valence-corrected chi connectivity index (χ2v) is 6.94. The van der Waals surface area contributed by atoms with Crippen molar-refractivity contribution in [2.45, 2.75) is 6.54 Å². The molecular weight excluding hydrogens is 402 g/mol. The van der Waals surface area contributed by atoms with Crippen molar-refractivity contribution < 1.29 is 4.79 Å². The zero-order valence-corrected chi connectivity index (χ0v) is 13.9. The number of halogens is 2. The highest BCUT2D eigenvalue weighted by atomic mass is 79.9. The van der Waals surface area contributed by atoms with E-state index in [0.717, 1.165) is 9.08 Å². The first kappa shape index (κ1) is 14.1. The Morgan fingerprint density at radius 3 is 2.78 bits per heavy atom. The highest BCUT2D eigenvalue weighted by molar-refractivity contribution is 9.10. The molecule has 0 bridgehead atoms. The van der Waals surface area contributed by atoms with E-state index in [1.807, 2.05) is 16.8 Å². The molecule has 0 unspecified atom stereocenters. The van der Waals surface area contributed by atoms with Crippen LogP contribution in [0, 0.1) is 0 Å². The van der Waals surface area contributed by atoms with Gasteiger partial charge in [-0.15, -0.1) is 22.7 Å². The van der Waals surface area contributed by atoms with Gasteiger partial charge in [0.2, 0.25) is 5.91 Å². The Hall–Kier alpha value is -0.280. The van der Waals surface area contributed by atoms with E-state index >= 15 is 0 Å². The molecular formula is C10H9Br2N3OS2. The third kappa shape index (κ3) is 4.43. The zero-order valence-electron chi connectivity index (χ0n) is 9.07. The van der Waals surface area contributed by atoms with Gasteiger partial charge in [0, 0.05) is 26.7 Å². The van der Waals surface area contributed by atoms with Crippen LogP contribution in [0.1, 0.15) is 4.88 Å². The first-order chi connectivity index (χ1) is 8.63. The van der Waals surface area contributed by atoms with E-state index in [0.29, 0.717) is 11.7 Å². The van der Waals surface area contributed by atoms with Gasteiger partial charge in [0.1, 0.15) is 4.60 Å². The molecule has 0 saturated heterocycles. The van der Waals surface area contributed by atoms with Gasteiger partial charge in [0.25, 0.3) is 0 Å².